The molecule has 4 atom stereocenters. The zero-order valence-electron chi connectivity index (χ0n) is 12.1. The van der Waals surface area contributed by atoms with Gasteiger partial charge in [-0.1, -0.05) is 0 Å². The van der Waals surface area contributed by atoms with Crippen molar-refractivity contribution < 1.29 is 30.7 Å². The highest BCUT2D eigenvalue weighted by Crippen LogP contribution is 2.58. The Balaban J connectivity index is 2.12. The van der Waals surface area contributed by atoms with Gasteiger partial charge in [-0.25, -0.2) is 8.42 Å². The van der Waals surface area contributed by atoms with Crippen LogP contribution < -0.4 is 0 Å². The summed E-state index contributed by atoms with van der Waals surface area (Å²) in [4.78, 5) is 0. The number of ether oxygens (including phenoxy) is 1. The van der Waals surface area contributed by atoms with E-state index in [0.717, 1.165) is 0 Å². The maximum Gasteiger partial charge on any atom is 0.404 e. The van der Waals surface area contributed by atoms with Gasteiger partial charge in [0, 0.05) is 5.92 Å². The zero-order chi connectivity index (χ0) is 16.2. The van der Waals surface area contributed by atoms with E-state index in [1.165, 1.54) is 0 Å². The minimum absolute atomic E-state index is 0.114. The maximum atomic E-state index is 13.9. The Bertz CT molecular complexity index is 476. The second-order valence-electron chi connectivity index (χ2n) is 7.02. The van der Waals surface area contributed by atoms with Crippen LogP contribution in [0.1, 0.15) is 40.0 Å². The molecular weight excluding hydrogens is 312 g/mol. The predicted molar refractivity (Wildman–Crippen MR) is 69.2 cm³/mol. The molecule has 0 aromatic carbocycles. The first kappa shape index (κ1) is 17.0. The van der Waals surface area contributed by atoms with E-state index in [1.807, 2.05) is 20.8 Å². The second kappa shape index (κ2) is 5.08. The molecule has 4 unspecified atom stereocenters. The molecule has 0 amide bonds. The van der Waals surface area contributed by atoms with E-state index in [2.05, 4.69) is 0 Å². The molecule has 2 aliphatic carbocycles. The van der Waals surface area contributed by atoms with Crippen LogP contribution in [0.4, 0.5) is 17.6 Å². The summed E-state index contributed by atoms with van der Waals surface area (Å²) < 4.78 is 81.1. The van der Waals surface area contributed by atoms with Gasteiger partial charge >= 0.3 is 11.2 Å². The molecule has 0 spiro atoms. The van der Waals surface area contributed by atoms with Gasteiger partial charge in [0.15, 0.2) is 0 Å². The fourth-order valence-electron chi connectivity index (χ4n) is 3.61. The summed E-state index contributed by atoms with van der Waals surface area (Å²) in [6.07, 6.45) is 0.356. The summed E-state index contributed by atoms with van der Waals surface area (Å²) in [6.45, 7) is 5.55. The van der Waals surface area contributed by atoms with Crippen molar-refractivity contribution in [2.45, 2.75) is 62.9 Å². The lowest BCUT2D eigenvalue weighted by Crippen LogP contribution is -2.50. The van der Waals surface area contributed by atoms with Crippen LogP contribution in [0.2, 0.25) is 0 Å². The lowest BCUT2D eigenvalue weighted by Gasteiger charge is -2.37. The molecule has 0 radical (unpaired) electrons. The first-order valence-electron chi connectivity index (χ1n) is 6.94. The zero-order valence-corrected chi connectivity index (χ0v) is 13.0. The minimum Gasteiger partial charge on any atom is -0.372 e. The average molecular weight is 332 g/mol. The van der Waals surface area contributed by atoms with Crippen molar-refractivity contribution in [3.8, 4) is 0 Å². The third-order valence-electron chi connectivity index (χ3n) is 4.39. The van der Waals surface area contributed by atoms with Crippen LogP contribution in [0.3, 0.4) is 0 Å². The standard InChI is InChI=1S/C13H20F4O3S/c1-11(2,3)20-10-6-7-4-8(10)5-9(7)12(14,15)13(16,17)21(18)19/h7-10,21H,4-6H2,1-3H3. The molecular formula is C13H20F4O3S. The van der Waals surface area contributed by atoms with Gasteiger partial charge in [0.05, 0.1) is 11.7 Å². The Morgan fingerprint density at radius 3 is 1.90 bits per heavy atom. The van der Waals surface area contributed by atoms with Crippen LogP contribution in [0.15, 0.2) is 0 Å². The highest BCUT2D eigenvalue weighted by molar-refractivity contribution is 7.73. The molecule has 0 aromatic heterocycles. The van der Waals surface area contributed by atoms with Crippen molar-refractivity contribution in [1.82, 2.24) is 0 Å². The van der Waals surface area contributed by atoms with Gasteiger partial charge in [-0.3, -0.25) is 0 Å². The molecule has 0 aromatic rings. The molecule has 0 saturated heterocycles. The van der Waals surface area contributed by atoms with Gasteiger partial charge in [-0.15, -0.1) is 0 Å². The van der Waals surface area contributed by atoms with Gasteiger partial charge in [0.2, 0.25) is 10.7 Å². The molecule has 0 heterocycles. The summed E-state index contributed by atoms with van der Waals surface area (Å²) >= 11 is 0. The second-order valence-corrected chi connectivity index (χ2v) is 8.10. The lowest BCUT2D eigenvalue weighted by atomic mass is 9.82. The third kappa shape index (κ3) is 2.93. The van der Waals surface area contributed by atoms with Crippen molar-refractivity contribution in [3.05, 3.63) is 0 Å². The quantitative estimate of drug-likeness (QED) is 0.636. The van der Waals surface area contributed by atoms with Gasteiger partial charge in [-0.05, 0) is 51.9 Å². The SMILES string of the molecule is CC(C)(C)OC1CC2CC1CC2C(F)(F)C(F)(F)[SH](=O)=O. The molecule has 2 aliphatic rings. The number of halogens is 4. The highest BCUT2D eigenvalue weighted by atomic mass is 32.2. The van der Waals surface area contributed by atoms with E-state index >= 15 is 0 Å². The van der Waals surface area contributed by atoms with Gasteiger partial charge in [0.1, 0.15) is 0 Å². The molecule has 3 nitrogen and oxygen atoms in total. The van der Waals surface area contributed by atoms with Crippen LogP contribution in [-0.4, -0.2) is 31.3 Å². The third-order valence-corrected chi connectivity index (χ3v) is 5.15. The smallest absolute Gasteiger partial charge is 0.372 e. The summed E-state index contributed by atoms with van der Waals surface area (Å²) in [7, 11) is -4.50. The fourth-order valence-corrected chi connectivity index (χ4v) is 4.02. The molecule has 0 aliphatic heterocycles. The topological polar surface area (TPSA) is 43.4 Å². The van der Waals surface area contributed by atoms with Crippen molar-refractivity contribution in [1.29, 1.82) is 0 Å². The van der Waals surface area contributed by atoms with Crippen LogP contribution in [-0.2, 0) is 15.4 Å². The minimum atomic E-state index is -4.99. The summed E-state index contributed by atoms with van der Waals surface area (Å²) in [5.41, 5.74) is -0.421. The normalized spacial score (nSPS) is 33.9. The van der Waals surface area contributed by atoms with Crippen LogP contribution in [0.5, 0.6) is 0 Å². The van der Waals surface area contributed by atoms with E-state index in [0.29, 0.717) is 6.42 Å². The number of fused-ring (bicyclic) bond motifs is 2. The van der Waals surface area contributed by atoms with Crippen LogP contribution >= 0.6 is 0 Å². The van der Waals surface area contributed by atoms with E-state index in [-0.39, 0.29) is 24.9 Å². The summed E-state index contributed by atoms with van der Waals surface area (Å²) in [5, 5.41) is -4.99. The molecule has 8 heteroatoms. The van der Waals surface area contributed by atoms with Crippen molar-refractivity contribution in [2.75, 3.05) is 0 Å². The summed E-state index contributed by atoms with van der Waals surface area (Å²) in [6, 6.07) is 0. The first-order chi connectivity index (χ1) is 9.36. The van der Waals surface area contributed by atoms with Gasteiger partial charge < -0.3 is 4.74 Å². The van der Waals surface area contributed by atoms with E-state index in [1.54, 1.807) is 0 Å². The van der Waals surface area contributed by atoms with Gasteiger partial charge in [0.25, 0.3) is 0 Å². The van der Waals surface area contributed by atoms with E-state index < -0.39 is 39.3 Å². The Kier molecular flexibility index (Phi) is 4.11. The largest absolute Gasteiger partial charge is 0.404 e. The van der Waals surface area contributed by atoms with Crippen molar-refractivity contribution in [2.24, 2.45) is 17.8 Å². The monoisotopic (exact) mass is 332 g/mol. The predicted octanol–water partition coefficient (Wildman–Crippen LogP) is 3.06. The average Bonchev–Trinajstić information content (AvgIpc) is 2.85. The Morgan fingerprint density at radius 1 is 0.952 bits per heavy atom. The first-order valence-corrected chi connectivity index (χ1v) is 8.12. The number of rotatable bonds is 4. The number of thiol groups is 1. The van der Waals surface area contributed by atoms with Crippen LogP contribution in [0, 0.1) is 17.8 Å². The molecule has 2 saturated carbocycles. The lowest BCUT2D eigenvalue weighted by molar-refractivity contribution is -0.204. The molecule has 2 fully saturated rings. The fraction of sp³-hybridized carbons (Fsp3) is 1.00. The molecule has 124 valence electrons. The molecule has 2 bridgehead atoms. The Labute approximate surface area is 123 Å². The van der Waals surface area contributed by atoms with Gasteiger partial charge in [-0.2, -0.15) is 17.6 Å². The van der Waals surface area contributed by atoms with Crippen molar-refractivity contribution >= 4 is 10.7 Å². The highest BCUT2D eigenvalue weighted by Gasteiger charge is 2.68. The Morgan fingerprint density at radius 2 is 1.52 bits per heavy atom. The molecule has 21 heavy (non-hydrogen) atoms. The molecule has 2 rings (SSSR count). The molecule has 0 N–H and O–H groups in total. The Hall–Kier alpha value is -0.370. The maximum absolute atomic E-state index is 13.9. The van der Waals surface area contributed by atoms with Crippen molar-refractivity contribution in [3.63, 3.8) is 0 Å². The number of alkyl halides is 4. The number of hydrogen-bond acceptors (Lipinski definition) is 3. The van der Waals surface area contributed by atoms with E-state index in [4.69, 9.17) is 4.74 Å². The van der Waals surface area contributed by atoms with E-state index in [9.17, 15) is 26.0 Å². The number of hydrogen-bond donors (Lipinski definition) is 1. The van der Waals surface area contributed by atoms with Crippen LogP contribution in [0.25, 0.3) is 0 Å². The summed E-state index contributed by atoms with van der Waals surface area (Å²) in [5.74, 6) is -6.93.